The van der Waals surface area contributed by atoms with Crippen LogP contribution in [0.2, 0.25) is 0 Å². The summed E-state index contributed by atoms with van der Waals surface area (Å²) >= 11 is 0. The molecule has 0 aliphatic heterocycles. The Morgan fingerprint density at radius 3 is 1.20 bits per heavy atom. The first-order valence-corrected chi connectivity index (χ1v) is 1.22. The van der Waals surface area contributed by atoms with Crippen LogP contribution in [0.5, 0.6) is 0 Å². The first kappa shape index (κ1) is 16.1. The van der Waals surface area contributed by atoms with E-state index in [1.807, 2.05) is 0 Å². The second-order valence-corrected chi connectivity index (χ2v) is 0.250. The molecule has 0 rings (SSSR count). The Hall–Kier alpha value is 1.41. The fourth-order valence-corrected chi connectivity index (χ4v) is 0. The average Bonchev–Trinajstić information content (AvgIpc) is 0.918. The van der Waals surface area contributed by atoms with Crippen molar-refractivity contribution >= 4 is 32.8 Å². The summed E-state index contributed by atoms with van der Waals surface area (Å²) in [5, 5.41) is 0. The van der Waals surface area contributed by atoms with Gasteiger partial charge in [0.25, 0.3) is 0 Å². The second kappa shape index (κ2) is 18.1. The Bertz CT molecular complexity index is 30.6. The Labute approximate surface area is 62.7 Å². The van der Waals surface area contributed by atoms with Crippen LogP contribution in [0.4, 0.5) is 0 Å². The molecule has 0 heterocycles. The van der Waals surface area contributed by atoms with Crippen LogP contribution in [0, 0.1) is 0 Å². The summed E-state index contributed by atoms with van der Waals surface area (Å²) in [6, 6.07) is 0. The Kier molecular flexibility index (Phi) is 58.5. The van der Waals surface area contributed by atoms with E-state index in [0.717, 1.165) is 0 Å². The van der Waals surface area contributed by atoms with Gasteiger partial charge in [0.05, 0.1) is 0 Å². The Morgan fingerprint density at radius 2 is 1.20 bits per heavy atom. The molecule has 0 aromatic heterocycles. The molecule has 0 aliphatic carbocycles. The third-order valence-electron chi connectivity index (χ3n) is 0. The van der Waals surface area contributed by atoms with Gasteiger partial charge in [-0.25, -0.2) is 9.13 Å². The maximum absolute atomic E-state index is 8.40. The minimum atomic E-state index is -1.42. The molecule has 0 saturated carbocycles. The van der Waals surface area contributed by atoms with Gasteiger partial charge in [0.2, 0.25) is 0 Å². The van der Waals surface area contributed by atoms with E-state index in [1.165, 1.54) is 0 Å². The zero-order valence-corrected chi connectivity index (χ0v) is 9.48. The first-order chi connectivity index (χ1) is 1.41. The van der Waals surface area contributed by atoms with E-state index >= 15 is 0 Å². The van der Waals surface area contributed by atoms with Gasteiger partial charge < -0.3 is 0 Å². The standard InChI is InChI=1S/Mo.HO2P.Sb.3H/c;1-3-2;;;;/h;3H;;;;. The van der Waals surface area contributed by atoms with Crippen molar-refractivity contribution in [2.24, 2.45) is 0 Å². The SMILES string of the molecule is O=[PH]=O.[Mo].[SbH3]. The fourth-order valence-electron chi connectivity index (χ4n) is 0. The molecule has 0 aromatic rings. The summed E-state index contributed by atoms with van der Waals surface area (Å²) < 4.78 is 16.8. The molecular formula is H4MoO2PSb. The molecule has 5 heteroatoms. The maximum atomic E-state index is 8.40. The van der Waals surface area contributed by atoms with Gasteiger partial charge in [0, 0.05) is 21.1 Å². The summed E-state index contributed by atoms with van der Waals surface area (Å²) in [4.78, 5) is 0. The van der Waals surface area contributed by atoms with Gasteiger partial charge in [-0.2, -0.15) is 0 Å². The van der Waals surface area contributed by atoms with Gasteiger partial charge in [-0.1, -0.05) is 0 Å². The van der Waals surface area contributed by atoms with Crippen molar-refractivity contribution in [3.8, 4) is 0 Å². The van der Waals surface area contributed by atoms with Crippen molar-refractivity contribution < 1.29 is 30.2 Å². The van der Waals surface area contributed by atoms with Crippen LogP contribution in [0.3, 0.4) is 0 Å². The van der Waals surface area contributed by atoms with Gasteiger partial charge in [-0.3, -0.25) is 0 Å². The van der Waals surface area contributed by atoms with Crippen molar-refractivity contribution in [2.75, 3.05) is 0 Å². The van der Waals surface area contributed by atoms with Crippen LogP contribution in [-0.2, 0) is 30.2 Å². The normalized spacial score (nSPS) is 2.40. The van der Waals surface area contributed by atoms with Crippen LogP contribution in [0.15, 0.2) is 0 Å². The van der Waals surface area contributed by atoms with E-state index in [4.69, 9.17) is 9.13 Å². The molecule has 0 saturated heterocycles. The van der Waals surface area contributed by atoms with Crippen molar-refractivity contribution in [1.82, 2.24) is 0 Å². The molecular weight excluding hydrogens is 281 g/mol. The van der Waals surface area contributed by atoms with Crippen LogP contribution in [-0.4, -0.2) is 24.4 Å². The van der Waals surface area contributed by atoms with Crippen LogP contribution in [0.1, 0.15) is 0 Å². The topological polar surface area (TPSA) is 34.1 Å². The third-order valence-corrected chi connectivity index (χ3v) is 0. The summed E-state index contributed by atoms with van der Waals surface area (Å²) in [5.74, 6) is 0. The van der Waals surface area contributed by atoms with Crippen molar-refractivity contribution in [1.29, 1.82) is 0 Å². The predicted octanol–water partition coefficient (Wildman–Crippen LogP) is -0.831. The van der Waals surface area contributed by atoms with Gasteiger partial charge in [0.15, 0.2) is 0 Å². The van der Waals surface area contributed by atoms with Gasteiger partial charge in [-0.05, 0) is 0 Å². The third kappa shape index (κ3) is 31.7. The molecule has 0 aliphatic rings. The zero-order valence-electron chi connectivity index (χ0n) is 2.43. The molecule has 0 atom stereocenters. The van der Waals surface area contributed by atoms with Crippen LogP contribution >= 0.6 is 8.34 Å². The molecule has 0 aromatic carbocycles. The van der Waals surface area contributed by atoms with Crippen molar-refractivity contribution in [2.45, 2.75) is 0 Å². The van der Waals surface area contributed by atoms with E-state index in [0.29, 0.717) is 0 Å². The quantitative estimate of drug-likeness (QED) is 0.430. The number of hydrogen-bond donors (Lipinski definition) is 0. The Morgan fingerprint density at radius 1 is 1.20 bits per heavy atom. The zero-order chi connectivity index (χ0) is 2.71. The fraction of sp³-hybridized carbons (Fsp3) is 0. The van der Waals surface area contributed by atoms with Gasteiger partial charge in [-0.15, -0.1) is 0 Å². The van der Waals surface area contributed by atoms with Crippen LogP contribution < -0.4 is 0 Å². The van der Waals surface area contributed by atoms with E-state index in [9.17, 15) is 0 Å². The summed E-state index contributed by atoms with van der Waals surface area (Å²) in [6.45, 7) is 0. The second-order valence-electron chi connectivity index (χ2n) is 0.0833. The van der Waals surface area contributed by atoms with Gasteiger partial charge >= 0.3 is 32.8 Å². The molecule has 0 unspecified atom stereocenters. The van der Waals surface area contributed by atoms with E-state index in [2.05, 4.69) is 0 Å². The first-order valence-electron chi connectivity index (χ1n) is 0.408. The van der Waals surface area contributed by atoms with E-state index in [1.54, 1.807) is 0 Å². The van der Waals surface area contributed by atoms with E-state index < -0.39 is 8.34 Å². The number of rotatable bonds is 0. The predicted molar refractivity (Wildman–Crippen MR) is 19.6 cm³/mol. The number of hydrogen-bond acceptors (Lipinski definition) is 2. The molecule has 0 spiro atoms. The molecule has 32 valence electrons. The molecule has 0 radical (unpaired) electrons. The average molecular weight is 285 g/mol. The van der Waals surface area contributed by atoms with Crippen molar-refractivity contribution in [3.05, 3.63) is 0 Å². The Balaban J connectivity index is -0.0000000200. The molecule has 0 N–H and O–H groups in total. The molecule has 2 nitrogen and oxygen atoms in total. The summed E-state index contributed by atoms with van der Waals surface area (Å²) in [6.07, 6.45) is 0. The molecule has 5 heavy (non-hydrogen) atoms. The monoisotopic (exact) mass is 286 g/mol. The van der Waals surface area contributed by atoms with Gasteiger partial charge in [0.1, 0.15) is 0 Å². The molecule has 0 fully saturated rings. The molecule has 0 amide bonds. The van der Waals surface area contributed by atoms with Crippen molar-refractivity contribution in [3.63, 3.8) is 0 Å². The summed E-state index contributed by atoms with van der Waals surface area (Å²) in [5.41, 5.74) is 0. The minimum absolute atomic E-state index is 0. The summed E-state index contributed by atoms with van der Waals surface area (Å²) in [7, 11) is -1.42. The van der Waals surface area contributed by atoms with Crippen LogP contribution in [0.25, 0.3) is 0 Å². The van der Waals surface area contributed by atoms with E-state index in [-0.39, 0.29) is 45.5 Å². The molecule has 0 bridgehead atoms.